The fourth-order valence-electron chi connectivity index (χ4n) is 2.64. The van der Waals surface area contributed by atoms with Crippen molar-refractivity contribution in [3.05, 3.63) is 52.7 Å². The fourth-order valence-corrected chi connectivity index (χ4v) is 2.64. The first kappa shape index (κ1) is 13.1. The number of nitrogens with zero attached hydrogens (tertiary/aromatic N) is 4. The highest BCUT2D eigenvalue weighted by molar-refractivity contribution is 5.90. The van der Waals surface area contributed by atoms with E-state index in [-0.39, 0.29) is 0 Å². The molecule has 1 aromatic carbocycles. The van der Waals surface area contributed by atoms with E-state index in [2.05, 4.69) is 16.3 Å². The zero-order valence-electron chi connectivity index (χ0n) is 11.2. The molecule has 0 aliphatic carbocycles. The quantitative estimate of drug-likeness (QED) is 0.898. The van der Waals surface area contributed by atoms with E-state index in [9.17, 15) is 9.90 Å². The van der Waals surface area contributed by atoms with Crippen LogP contribution in [-0.2, 0) is 13.0 Å². The van der Waals surface area contributed by atoms with Crippen molar-refractivity contribution in [1.82, 2.24) is 10.2 Å². The van der Waals surface area contributed by atoms with Crippen LogP contribution in [0.3, 0.4) is 0 Å². The van der Waals surface area contributed by atoms with Gasteiger partial charge in [-0.05, 0) is 29.7 Å². The van der Waals surface area contributed by atoms with Gasteiger partial charge in [0.05, 0.1) is 17.3 Å². The smallest absolute Gasteiger partial charge is 0.335 e. The van der Waals surface area contributed by atoms with Gasteiger partial charge in [0, 0.05) is 13.1 Å². The topological polar surface area (TPSA) is 90.1 Å². The molecule has 2 aromatic rings. The van der Waals surface area contributed by atoms with Crippen molar-refractivity contribution in [2.24, 2.45) is 0 Å². The van der Waals surface area contributed by atoms with Gasteiger partial charge in [-0.3, -0.25) is 0 Å². The van der Waals surface area contributed by atoms with Gasteiger partial charge in [0.1, 0.15) is 6.07 Å². The Hall–Kier alpha value is -2.94. The summed E-state index contributed by atoms with van der Waals surface area (Å²) >= 11 is 0. The van der Waals surface area contributed by atoms with Gasteiger partial charge in [-0.1, -0.05) is 12.1 Å². The molecule has 0 atom stereocenters. The van der Waals surface area contributed by atoms with Gasteiger partial charge in [-0.15, -0.1) is 5.10 Å². The molecule has 0 amide bonds. The highest BCUT2D eigenvalue weighted by atomic mass is 16.4. The molecular formula is C15H12N4O2. The Bertz CT molecular complexity index is 752. The Balaban J connectivity index is 1.97. The summed E-state index contributed by atoms with van der Waals surface area (Å²) in [7, 11) is 0. The summed E-state index contributed by atoms with van der Waals surface area (Å²) in [4.78, 5) is 13.2. The number of hydrogen-bond acceptors (Lipinski definition) is 5. The minimum absolute atomic E-state index is 0.354. The standard InChI is InChI=1S/C15H12N4O2/c16-8-10-4-6-17-18-14(10)19-7-5-12-11(9-19)2-1-3-13(12)15(20)21/h1-4,6H,5,7,9H2,(H,20,21). The largest absolute Gasteiger partial charge is 0.478 e. The Morgan fingerprint density at radius 2 is 2.24 bits per heavy atom. The molecular weight excluding hydrogens is 268 g/mol. The molecule has 6 nitrogen and oxygen atoms in total. The number of carboxylic acid groups (broad SMARTS) is 1. The number of anilines is 1. The lowest BCUT2D eigenvalue weighted by Crippen LogP contribution is -2.32. The third kappa shape index (κ3) is 2.30. The summed E-state index contributed by atoms with van der Waals surface area (Å²) in [6, 6.07) is 9.02. The summed E-state index contributed by atoms with van der Waals surface area (Å²) in [6.45, 7) is 1.15. The van der Waals surface area contributed by atoms with Crippen LogP contribution >= 0.6 is 0 Å². The Kier molecular flexibility index (Phi) is 3.24. The minimum atomic E-state index is -0.905. The van der Waals surface area contributed by atoms with Crippen LogP contribution in [0, 0.1) is 11.3 Å². The molecule has 0 saturated carbocycles. The van der Waals surface area contributed by atoms with Crippen molar-refractivity contribution >= 4 is 11.8 Å². The average Bonchev–Trinajstić information content (AvgIpc) is 2.53. The second kappa shape index (κ2) is 5.21. The molecule has 2 heterocycles. The van der Waals surface area contributed by atoms with Gasteiger partial charge in [0.2, 0.25) is 0 Å². The summed E-state index contributed by atoms with van der Waals surface area (Å²) in [5.41, 5.74) is 2.65. The molecule has 0 unspecified atom stereocenters. The molecule has 1 aliphatic rings. The van der Waals surface area contributed by atoms with E-state index in [4.69, 9.17) is 5.26 Å². The van der Waals surface area contributed by atoms with Crippen LogP contribution in [-0.4, -0.2) is 27.8 Å². The number of nitriles is 1. The van der Waals surface area contributed by atoms with E-state index in [0.29, 0.717) is 36.5 Å². The Morgan fingerprint density at radius 3 is 3.00 bits per heavy atom. The number of fused-ring (bicyclic) bond motifs is 1. The van der Waals surface area contributed by atoms with Crippen molar-refractivity contribution in [1.29, 1.82) is 5.26 Å². The molecule has 0 fully saturated rings. The molecule has 0 radical (unpaired) electrons. The van der Waals surface area contributed by atoms with Crippen molar-refractivity contribution in [3.8, 4) is 6.07 Å². The lowest BCUT2D eigenvalue weighted by molar-refractivity contribution is 0.0695. The van der Waals surface area contributed by atoms with Crippen molar-refractivity contribution in [3.63, 3.8) is 0 Å². The second-order valence-corrected chi connectivity index (χ2v) is 4.80. The molecule has 104 valence electrons. The first-order valence-corrected chi connectivity index (χ1v) is 6.51. The summed E-state index contributed by atoms with van der Waals surface area (Å²) in [5.74, 6) is -0.358. The third-order valence-corrected chi connectivity index (χ3v) is 3.62. The maximum absolute atomic E-state index is 11.2. The fraction of sp³-hybridized carbons (Fsp3) is 0.200. The SMILES string of the molecule is N#Cc1ccnnc1N1CCc2c(cccc2C(=O)O)C1. The average molecular weight is 280 g/mol. The molecule has 1 aromatic heterocycles. The van der Waals surface area contributed by atoms with Crippen LogP contribution in [0.4, 0.5) is 5.82 Å². The maximum atomic E-state index is 11.2. The predicted molar refractivity (Wildman–Crippen MR) is 74.9 cm³/mol. The molecule has 1 N–H and O–H groups in total. The minimum Gasteiger partial charge on any atom is -0.478 e. The molecule has 3 rings (SSSR count). The molecule has 21 heavy (non-hydrogen) atoms. The number of hydrogen-bond donors (Lipinski definition) is 1. The van der Waals surface area contributed by atoms with Gasteiger partial charge in [0.15, 0.2) is 5.82 Å². The number of aromatic carboxylic acids is 1. The number of carbonyl (C=O) groups is 1. The van der Waals surface area contributed by atoms with Crippen LogP contribution in [0.2, 0.25) is 0 Å². The number of aromatic nitrogens is 2. The highest BCUT2D eigenvalue weighted by Crippen LogP contribution is 2.26. The first-order valence-electron chi connectivity index (χ1n) is 6.51. The van der Waals surface area contributed by atoms with Crippen LogP contribution in [0.5, 0.6) is 0 Å². The first-order chi connectivity index (χ1) is 10.2. The van der Waals surface area contributed by atoms with Crippen molar-refractivity contribution in [2.45, 2.75) is 13.0 Å². The summed E-state index contributed by atoms with van der Waals surface area (Å²) < 4.78 is 0. The number of rotatable bonds is 2. The van der Waals surface area contributed by atoms with E-state index >= 15 is 0 Å². The monoisotopic (exact) mass is 280 g/mol. The normalized spacial score (nSPS) is 13.4. The van der Waals surface area contributed by atoms with Crippen molar-refractivity contribution < 1.29 is 9.90 Å². The van der Waals surface area contributed by atoms with E-state index in [1.165, 1.54) is 6.20 Å². The zero-order valence-corrected chi connectivity index (χ0v) is 11.2. The lowest BCUT2D eigenvalue weighted by Gasteiger charge is -2.30. The Morgan fingerprint density at radius 1 is 1.38 bits per heavy atom. The van der Waals surface area contributed by atoms with Gasteiger partial charge < -0.3 is 10.0 Å². The van der Waals surface area contributed by atoms with Crippen LogP contribution in [0.25, 0.3) is 0 Å². The van der Waals surface area contributed by atoms with Gasteiger partial charge >= 0.3 is 5.97 Å². The predicted octanol–water partition coefficient (Wildman–Crippen LogP) is 1.61. The van der Waals surface area contributed by atoms with E-state index in [0.717, 1.165) is 11.1 Å². The van der Waals surface area contributed by atoms with Gasteiger partial charge in [-0.25, -0.2) is 4.79 Å². The summed E-state index contributed by atoms with van der Waals surface area (Å²) in [5, 5.41) is 26.2. The summed E-state index contributed by atoms with van der Waals surface area (Å²) in [6.07, 6.45) is 2.10. The van der Waals surface area contributed by atoms with E-state index in [1.807, 2.05) is 11.0 Å². The van der Waals surface area contributed by atoms with E-state index < -0.39 is 5.97 Å². The Labute approximate surface area is 121 Å². The zero-order chi connectivity index (χ0) is 14.8. The molecule has 0 spiro atoms. The number of benzene rings is 1. The molecule has 1 aliphatic heterocycles. The molecule has 0 bridgehead atoms. The second-order valence-electron chi connectivity index (χ2n) is 4.80. The third-order valence-electron chi connectivity index (χ3n) is 3.62. The molecule has 0 saturated heterocycles. The van der Waals surface area contributed by atoms with Gasteiger partial charge in [-0.2, -0.15) is 10.4 Å². The van der Waals surface area contributed by atoms with Crippen LogP contribution in [0.15, 0.2) is 30.5 Å². The van der Waals surface area contributed by atoms with Gasteiger partial charge in [0.25, 0.3) is 0 Å². The van der Waals surface area contributed by atoms with Crippen LogP contribution < -0.4 is 4.90 Å². The molecule has 6 heteroatoms. The van der Waals surface area contributed by atoms with Crippen molar-refractivity contribution in [2.75, 3.05) is 11.4 Å². The lowest BCUT2D eigenvalue weighted by atomic mass is 9.94. The van der Waals surface area contributed by atoms with E-state index in [1.54, 1.807) is 18.2 Å². The maximum Gasteiger partial charge on any atom is 0.335 e. The van der Waals surface area contributed by atoms with Crippen LogP contribution in [0.1, 0.15) is 27.0 Å². The highest BCUT2D eigenvalue weighted by Gasteiger charge is 2.23. The number of carboxylic acids is 1.